The van der Waals surface area contributed by atoms with Gasteiger partial charge in [-0.15, -0.1) is 0 Å². The van der Waals surface area contributed by atoms with Gasteiger partial charge in [-0.3, -0.25) is 4.79 Å². The van der Waals surface area contributed by atoms with E-state index in [2.05, 4.69) is 10.0 Å². The van der Waals surface area contributed by atoms with Crippen molar-refractivity contribution in [3.8, 4) is 5.75 Å². The molecule has 2 N–H and O–H groups in total. The molecule has 1 aliphatic heterocycles. The fourth-order valence-electron chi connectivity index (χ4n) is 2.28. The van der Waals surface area contributed by atoms with Gasteiger partial charge in [0.25, 0.3) is 5.91 Å². The fraction of sp³-hybridized carbons (Fsp3) is 0.188. The van der Waals surface area contributed by atoms with Crippen molar-refractivity contribution in [2.75, 3.05) is 11.9 Å². The van der Waals surface area contributed by atoms with Crippen molar-refractivity contribution >= 4 is 33.2 Å². The van der Waals surface area contributed by atoms with Gasteiger partial charge in [0, 0.05) is 5.02 Å². The van der Waals surface area contributed by atoms with Crippen molar-refractivity contribution in [3.05, 3.63) is 59.1 Å². The Labute approximate surface area is 144 Å². The maximum Gasteiger partial charge on any atom is 0.266 e. The first-order valence-electron chi connectivity index (χ1n) is 7.21. The van der Waals surface area contributed by atoms with Gasteiger partial charge in [0.2, 0.25) is 10.0 Å². The summed E-state index contributed by atoms with van der Waals surface area (Å²) in [5.74, 6) is -0.0726. The highest BCUT2D eigenvalue weighted by molar-refractivity contribution is 7.88. The summed E-state index contributed by atoms with van der Waals surface area (Å²) in [5, 5.41) is 3.23. The van der Waals surface area contributed by atoms with Crippen molar-refractivity contribution in [1.29, 1.82) is 0 Å². The van der Waals surface area contributed by atoms with Gasteiger partial charge in [-0.1, -0.05) is 35.9 Å². The average molecular weight is 367 g/mol. The number of sulfonamides is 1. The highest BCUT2D eigenvalue weighted by Gasteiger charge is 2.28. The molecule has 0 aromatic heterocycles. The third kappa shape index (κ3) is 4.05. The summed E-state index contributed by atoms with van der Waals surface area (Å²) in [6, 6.07) is 13.5. The van der Waals surface area contributed by atoms with Crippen LogP contribution in [0.2, 0.25) is 5.02 Å². The van der Waals surface area contributed by atoms with Crippen molar-refractivity contribution in [2.24, 2.45) is 0 Å². The van der Waals surface area contributed by atoms with Crippen molar-refractivity contribution in [3.63, 3.8) is 0 Å². The molecule has 1 heterocycles. The number of para-hydroxylation sites is 2. The number of carbonyl (C=O) groups excluding carboxylic acids is 1. The number of anilines is 1. The molecule has 3 rings (SSSR count). The number of hydrogen-bond acceptors (Lipinski definition) is 4. The molecule has 0 bridgehead atoms. The van der Waals surface area contributed by atoms with Crippen LogP contribution in [0.5, 0.6) is 5.75 Å². The number of amides is 1. The Morgan fingerprint density at radius 1 is 1.12 bits per heavy atom. The zero-order chi connectivity index (χ0) is 17.2. The molecular weight excluding hydrogens is 352 g/mol. The minimum Gasteiger partial charge on any atom is -0.477 e. The molecule has 0 saturated carbocycles. The van der Waals surface area contributed by atoms with Crippen LogP contribution in [0.25, 0.3) is 0 Å². The first-order chi connectivity index (χ1) is 11.4. The Morgan fingerprint density at radius 2 is 1.83 bits per heavy atom. The highest BCUT2D eigenvalue weighted by Crippen LogP contribution is 2.28. The molecule has 1 atom stereocenters. The molecular formula is C16H15ClN2O4S. The Kier molecular flexibility index (Phi) is 4.75. The summed E-state index contributed by atoms with van der Waals surface area (Å²) in [6.07, 6.45) is -0.917. The number of carbonyl (C=O) groups is 1. The molecule has 6 nitrogen and oxygen atoms in total. The van der Waals surface area contributed by atoms with Crippen molar-refractivity contribution < 1.29 is 17.9 Å². The molecule has 0 fully saturated rings. The van der Waals surface area contributed by atoms with Gasteiger partial charge in [0.1, 0.15) is 5.75 Å². The SMILES string of the molecule is O=C1Nc2ccccc2OC1CNS(=O)(=O)Cc1ccc(Cl)cc1. The average Bonchev–Trinajstić information content (AvgIpc) is 2.55. The van der Waals surface area contributed by atoms with Gasteiger partial charge >= 0.3 is 0 Å². The number of halogens is 1. The smallest absolute Gasteiger partial charge is 0.266 e. The van der Waals surface area contributed by atoms with Crippen molar-refractivity contribution in [2.45, 2.75) is 11.9 Å². The number of benzene rings is 2. The second-order valence-electron chi connectivity index (χ2n) is 5.33. The quantitative estimate of drug-likeness (QED) is 0.849. The summed E-state index contributed by atoms with van der Waals surface area (Å²) >= 11 is 5.78. The first kappa shape index (κ1) is 16.8. The third-order valence-corrected chi connectivity index (χ3v) is 5.04. The van der Waals surface area contributed by atoms with E-state index in [-0.39, 0.29) is 18.2 Å². The van der Waals surface area contributed by atoms with E-state index < -0.39 is 16.1 Å². The molecule has 24 heavy (non-hydrogen) atoms. The lowest BCUT2D eigenvalue weighted by molar-refractivity contribution is -0.123. The van der Waals surface area contributed by atoms with Gasteiger partial charge in [-0.25, -0.2) is 13.1 Å². The van der Waals surface area contributed by atoms with Gasteiger partial charge in [-0.2, -0.15) is 0 Å². The molecule has 2 aromatic rings. The minimum atomic E-state index is -3.60. The topological polar surface area (TPSA) is 84.5 Å². The van der Waals surface area contributed by atoms with E-state index >= 15 is 0 Å². The number of nitrogens with one attached hydrogen (secondary N) is 2. The lowest BCUT2D eigenvalue weighted by atomic mass is 10.2. The molecule has 1 aliphatic rings. The van der Waals surface area contributed by atoms with Crippen LogP contribution in [-0.2, 0) is 20.6 Å². The van der Waals surface area contributed by atoms with Crippen LogP contribution in [-0.4, -0.2) is 27.0 Å². The monoisotopic (exact) mass is 366 g/mol. The predicted octanol–water partition coefficient (Wildman–Crippen LogP) is 2.16. The lowest BCUT2D eigenvalue weighted by Crippen LogP contribution is -2.45. The second kappa shape index (κ2) is 6.80. The van der Waals surface area contributed by atoms with Gasteiger partial charge in [0.15, 0.2) is 6.10 Å². The summed E-state index contributed by atoms with van der Waals surface area (Å²) < 4.78 is 32.3. The molecule has 0 radical (unpaired) electrons. The number of rotatable bonds is 5. The minimum absolute atomic E-state index is 0.143. The normalized spacial score (nSPS) is 16.9. The van der Waals surface area contributed by atoms with E-state index in [1.54, 1.807) is 48.5 Å². The van der Waals surface area contributed by atoms with Gasteiger partial charge in [-0.05, 0) is 29.8 Å². The maximum atomic E-state index is 12.1. The summed E-state index contributed by atoms with van der Waals surface area (Å²) in [6.45, 7) is -0.143. The Hall–Kier alpha value is -2.09. The van der Waals surface area contributed by atoms with Gasteiger partial charge < -0.3 is 10.1 Å². The lowest BCUT2D eigenvalue weighted by Gasteiger charge is -2.25. The standard InChI is InChI=1S/C16H15ClN2O4S/c17-12-7-5-11(6-8-12)10-24(21,22)18-9-15-16(20)19-13-3-1-2-4-14(13)23-15/h1-8,15,18H,9-10H2,(H,19,20). The maximum absolute atomic E-state index is 12.1. The summed E-state index contributed by atoms with van der Waals surface area (Å²) in [4.78, 5) is 12.0. The van der Waals surface area contributed by atoms with Crippen LogP contribution in [0, 0.1) is 0 Å². The molecule has 0 saturated heterocycles. The summed E-state index contributed by atoms with van der Waals surface area (Å²) in [5.41, 5.74) is 1.18. The van der Waals surface area contributed by atoms with Crippen LogP contribution in [0.1, 0.15) is 5.56 Å². The van der Waals surface area contributed by atoms with E-state index in [4.69, 9.17) is 16.3 Å². The van der Waals surface area contributed by atoms with Crippen LogP contribution < -0.4 is 14.8 Å². The molecule has 1 unspecified atom stereocenters. The summed E-state index contributed by atoms with van der Waals surface area (Å²) in [7, 11) is -3.60. The number of ether oxygens (including phenoxy) is 1. The van der Waals surface area contributed by atoms with Gasteiger partial charge in [0.05, 0.1) is 18.0 Å². The Morgan fingerprint density at radius 3 is 2.58 bits per heavy atom. The first-order valence-corrected chi connectivity index (χ1v) is 9.24. The van der Waals surface area contributed by atoms with Crippen LogP contribution in [0.3, 0.4) is 0 Å². The van der Waals surface area contributed by atoms with E-state index in [1.165, 1.54) is 0 Å². The highest BCUT2D eigenvalue weighted by atomic mass is 35.5. The van der Waals surface area contributed by atoms with Crippen LogP contribution in [0.4, 0.5) is 5.69 Å². The fourth-order valence-corrected chi connectivity index (χ4v) is 3.55. The number of hydrogen-bond donors (Lipinski definition) is 2. The number of fused-ring (bicyclic) bond motifs is 1. The zero-order valence-corrected chi connectivity index (χ0v) is 14.1. The van der Waals surface area contributed by atoms with Crippen LogP contribution in [0.15, 0.2) is 48.5 Å². The zero-order valence-electron chi connectivity index (χ0n) is 12.5. The largest absolute Gasteiger partial charge is 0.477 e. The molecule has 8 heteroatoms. The predicted molar refractivity (Wildman–Crippen MR) is 91.6 cm³/mol. The van der Waals surface area contributed by atoms with Crippen LogP contribution >= 0.6 is 11.6 Å². The third-order valence-electron chi connectivity index (χ3n) is 3.47. The van der Waals surface area contributed by atoms with E-state index in [1.807, 2.05) is 0 Å². The second-order valence-corrected chi connectivity index (χ2v) is 7.57. The molecule has 1 amide bonds. The molecule has 0 spiro atoms. The van der Waals surface area contributed by atoms with Crippen molar-refractivity contribution in [1.82, 2.24) is 4.72 Å². The van der Waals surface area contributed by atoms with E-state index in [0.717, 1.165) is 0 Å². The molecule has 0 aliphatic carbocycles. The molecule has 2 aromatic carbocycles. The van der Waals surface area contributed by atoms with E-state index in [9.17, 15) is 13.2 Å². The van der Waals surface area contributed by atoms with E-state index in [0.29, 0.717) is 22.0 Å². The Balaban J connectivity index is 1.62. The molecule has 126 valence electrons. The Bertz CT molecular complexity index is 853.